The number of hydrogen-bond acceptors (Lipinski definition) is 7. The second-order valence-corrected chi connectivity index (χ2v) is 3.22. The third-order valence-electron chi connectivity index (χ3n) is 2.26. The van der Waals surface area contributed by atoms with Gasteiger partial charge >= 0.3 is 88.7 Å². The van der Waals surface area contributed by atoms with Crippen molar-refractivity contribution < 1.29 is 123 Å². The van der Waals surface area contributed by atoms with Gasteiger partial charge in [0.2, 0.25) is 0 Å². The maximum Gasteiger partial charge on any atom is 1.00 e. The molecule has 1 atom stereocenters. The Labute approximate surface area is 170 Å². The summed E-state index contributed by atoms with van der Waals surface area (Å²) in [5.41, 5.74) is -2.68. The van der Waals surface area contributed by atoms with Crippen LogP contribution in [-0.2, 0) is 19.1 Å². The van der Waals surface area contributed by atoms with Crippen LogP contribution in [0.15, 0.2) is 0 Å². The van der Waals surface area contributed by atoms with Gasteiger partial charge in [0.1, 0.15) is 5.60 Å². The number of aliphatic carboxylic acids is 3. The van der Waals surface area contributed by atoms with E-state index in [-0.39, 0.29) is 108 Å². The first-order valence-electron chi connectivity index (χ1n) is 4.22. The molecule has 1 saturated heterocycles. The van der Waals surface area contributed by atoms with Crippen LogP contribution in [0.1, 0.15) is 19.3 Å². The standard InChI is InChI=1S/C8H10O7.3Na/c9-5(10)4-2-1-3-8(15-4,6(11)12)7(13)14;;;/h4H,1-3H2,(H,9,10)(H,11,12)(H,13,14);;;/q;3*+1/p-3. The van der Waals surface area contributed by atoms with Crippen LogP contribution in [0.2, 0.25) is 0 Å². The van der Waals surface area contributed by atoms with Gasteiger partial charge in [-0.05, 0) is 19.3 Å². The van der Waals surface area contributed by atoms with Gasteiger partial charge in [-0.2, -0.15) is 0 Å². The number of carbonyl (C=O) groups excluding carboxylic acids is 3. The fraction of sp³-hybridized carbons (Fsp3) is 0.625. The van der Waals surface area contributed by atoms with Gasteiger partial charge in [-0.3, -0.25) is 0 Å². The van der Waals surface area contributed by atoms with Gasteiger partial charge in [0.25, 0.3) is 0 Å². The number of carboxylic acids is 3. The topological polar surface area (TPSA) is 130 Å². The Morgan fingerprint density at radius 3 is 1.78 bits per heavy atom. The molecular formula is C8H7Na3O7. The number of carbonyl (C=O) groups is 3. The zero-order valence-electron chi connectivity index (χ0n) is 10.6. The molecule has 0 radical (unpaired) electrons. The van der Waals surface area contributed by atoms with Crippen LogP contribution < -0.4 is 104 Å². The minimum Gasteiger partial charge on any atom is -0.547 e. The van der Waals surface area contributed by atoms with E-state index in [9.17, 15) is 29.7 Å². The van der Waals surface area contributed by atoms with Crippen molar-refractivity contribution in [3.05, 3.63) is 0 Å². The summed E-state index contributed by atoms with van der Waals surface area (Å²) in [5.74, 6) is -5.66. The predicted molar refractivity (Wildman–Crippen MR) is 36.5 cm³/mol. The van der Waals surface area contributed by atoms with Gasteiger partial charge < -0.3 is 34.4 Å². The molecule has 84 valence electrons. The molecule has 7 nitrogen and oxygen atoms in total. The van der Waals surface area contributed by atoms with Crippen LogP contribution in [0, 0.1) is 0 Å². The van der Waals surface area contributed by atoms with Crippen LogP contribution in [0.5, 0.6) is 0 Å². The monoisotopic (exact) mass is 284 g/mol. The molecule has 1 aliphatic heterocycles. The van der Waals surface area contributed by atoms with Gasteiger partial charge in [0, 0.05) is 0 Å². The third kappa shape index (κ3) is 5.40. The molecule has 0 spiro atoms. The SMILES string of the molecule is O=C([O-])C1CCCC(C(=O)[O-])(C(=O)[O-])O1.[Na+].[Na+].[Na+]. The quantitative estimate of drug-likeness (QED) is 0.371. The molecular weight excluding hydrogens is 277 g/mol. The van der Waals surface area contributed by atoms with Crippen LogP contribution in [0.25, 0.3) is 0 Å². The number of ether oxygens (including phenoxy) is 1. The molecule has 1 fully saturated rings. The molecule has 0 saturated carbocycles. The molecule has 0 bridgehead atoms. The van der Waals surface area contributed by atoms with E-state index in [0.717, 1.165) is 0 Å². The van der Waals surface area contributed by atoms with Crippen LogP contribution >= 0.6 is 0 Å². The summed E-state index contributed by atoms with van der Waals surface area (Å²) < 4.78 is 4.47. The Morgan fingerprint density at radius 1 is 1.00 bits per heavy atom. The van der Waals surface area contributed by atoms with Crippen molar-refractivity contribution in [2.45, 2.75) is 31.0 Å². The van der Waals surface area contributed by atoms with Crippen molar-refractivity contribution in [2.75, 3.05) is 0 Å². The zero-order valence-corrected chi connectivity index (χ0v) is 16.6. The molecule has 0 amide bonds. The molecule has 0 aromatic rings. The fourth-order valence-corrected chi connectivity index (χ4v) is 1.45. The van der Waals surface area contributed by atoms with Gasteiger partial charge in [-0.15, -0.1) is 0 Å². The van der Waals surface area contributed by atoms with Crippen LogP contribution in [-0.4, -0.2) is 29.6 Å². The number of carboxylic acid groups (broad SMARTS) is 3. The summed E-state index contributed by atoms with van der Waals surface area (Å²) >= 11 is 0. The third-order valence-corrected chi connectivity index (χ3v) is 2.26. The number of hydrogen-bond donors (Lipinski definition) is 0. The average molecular weight is 284 g/mol. The Morgan fingerprint density at radius 2 is 1.44 bits per heavy atom. The van der Waals surface area contributed by atoms with E-state index in [1.54, 1.807) is 0 Å². The summed E-state index contributed by atoms with van der Waals surface area (Å²) in [4.78, 5) is 31.7. The van der Waals surface area contributed by atoms with Crippen molar-refractivity contribution >= 4 is 17.9 Å². The summed E-state index contributed by atoms with van der Waals surface area (Å²) in [6, 6.07) is 0. The number of rotatable bonds is 3. The zero-order chi connectivity index (χ0) is 11.6. The smallest absolute Gasteiger partial charge is 0.547 e. The first-order valence-corrected chi connectivity index (χ1v) is 4.22. The molecule has 1 heterocycles. The molecule has 10 heteroatoms. The van der Waals surface area contributed by atoms with Crippen molar-refractivity contribution in [3.63, 3.8) is 0 Å². The van der Waals surface area contributed by atoms with Crippen LogP contribution in [0.4, 0.5) is 0 Å². The van der Waals surface area contributed by atoms with Gasteiger partial charge in [0.05, 0.1) is 24.0 Å². The molecule has 1 rings (SSSR count). The summed E-state index contributed by atoms with van der Waals surface area (Å²) in [5, 5.41) is 31.7. The second-order valence-electron chi connectivity index (χ2n) is 3.22. The molecule has 0 aromatic carbocycles. The fourth-order valence-electron chi connectivity index (χ4n) is 1.45. The van der Waals surface area contributed by atoms with Gasteiger partial charge in [-0.25, -0.2) is 0 Å². The first-order chi connectivity index (χ1) is 6.90. The summed E-state index contributed by atoms with van der Waals surface area (Å²) in [7, 11) is 0. The van der Waals surface area contributed by atoms with E-state index in [0.29, 0.717) is 0 Å². The molecule has 0 aliphatic carbocycles. The van der Waals surface area contributed by atoms with E-state index >= 15 is 0 Å². The average Bonchev–Trinajstić information content (AvgIpc) is 2.17. The predicted octanol–water partition coefficient (Wildman–Crippen LogP) is -13.4. The van der Waals surface area contributed by atoms with E-state index in [1.165, 1.54) is 0 Å². The van der Waals surface area contributed by atoms with E-state index < -0.39 is 29.6 Å². The van der Waals surface area contributed by atoms with Crippen molar-refractivity contribution in [1.82, 2.24) is 0 Å². The van der Waals surface area contributed by atoms with E-state index in [2.05, 4.69) is 4.74 Å². The molecule has 1 aliphatic rings. The first kappa shape index (κ1) is 24.4. The van der Waals surface area contributed by atoms with Crippen molar-refractivity contribution in [3.8, 4) is 0 Å². The largest absolute Gasteiger partial charge is 1.00 e. The maximum absolute atomic E-state index is 10.6. The normalized spacial score (nSPS) is 20.3. The molecule has 0 aromatic heterocycles. The Hall–Kier alpha value is 1.37. The van der Waals surface area contributed by atoms with Crippen LogP contribution in [0.3, 0.4) is 0 Å². The Kier molecular flexibility index (Phi) is 13.8. The van der Waals surface area contributed by atoms with Gasteiger partial charge in [0.15, 0.2) is 0 Å². The molecule has 0 N–H and O–H groups in total. The van der Waals surface area contributed by atoms with E-state index in [1.807, 2.05) is 0 Å². The molecule has 1 unspecified atom stereocenters. The van der Waals surface area contributed by atoms with Gasteiger partial charge in [-0.1, -0.05) is 0 Å². The summed E-state index contributed by atoms with van der Waals surface area (Å²) in [6.45, 7) is 0. The molecule has 18 heavy (non-hydrogen) atoms. The minimum absolute atomic E-state index is 0. The van der Waals surface area contributed by atoms with Crippen molar-refractivity contribution in [2.24, 2.45) is 0 Å². The summed E-state index contributed by atoms with van der Waals surface area (Å²) in [6.07, 6.45) is -1.86. The Balaban J connectivity index is -0.000000750. The second kappa shape index (κ2) is 10.1. The van der Waals surface area contributed by atoms with E-state index in [4.69, 9.17) is 0 Å². The maximum atomic E-state index is 10.6. The Bertz CT molecular complexity index is 306. The minimum atomic E-state index is -2.68. The van der Waals surface area contributed by atoms with Crippen molar-refractivity contribution in [1.29, 1.82) is 0 Å².